The second-order valence-electron chi connectivity index (χ2n) is 1.43. The normalized spacial score (nSPS) is 10.9. The van der Waals surface area contributed by atoms with Gasteiger partial charge >= 0.3 is 0 Å². The summed E-state index contributed by atoms with van der Waals surface area (Å²) in [4.78, 5) is 9.99. The van der Waals surface area contributed by atoms with Gasteiger partial charge in [-0.1, -0.05) is 25.7 Å². The SMILES string of the molecule is C=C/C(C=O)=C\CC. The molecule has 0 radical (unpaired) electrons. The van der Waals surface area contributed by atoms with Crippen molar-refractivity contribution >= 4 is 6.29 Å². The van der Waals surface area contributed by atoms with E-state index in [1.165, 1.54) is 0 Å². The highest BCUT2D eigenvalue weighted by molar-refractivity contribution is 5.76. The quantitative estimate of drug-likeness (QED) is 0.307. The lowest BCUT2D eigenvalue weighted by atomic mass is 10.2. The number of carbonyl (C=O) groups excluding carboxylic acids is 1. The lowest BCUT2D eigenvalue weighted by Gasteiger charge is -1.82. The molecule has 0 aliphatic rings. The molecule has 0 bridgehead atoms. The minimum atomic E-state index is 0.674. The number of allylic oxidation sites excluding steroid dienone is 3. The zero-order chi connectivity index (χ0) is 6.41. The molecule has 8 heavy (non-hydrogen) atoms. The standard InChI is InChI=1S/C7H10O/c1-3-5-7(4-2)6-8/h4-6H,2-3H2,1H3/b7-5+. The van der Waals surface area contributed by atoms with Crippen LogP contribution in [-0.4, -0.2) is 6.29 Å². The molecule has 0 heterocycles. The van der Waals surface area contributed by atoms with Crippen LogP contribution in [0, 0.1) is 0 Å². The van der Waals surface area contributed by atoms with Crippen molar-refractivity contribution in [3.63, 3.8) is 0 Å². The Balaban J connectivity index is 3.85. The van der Waals surface area contributed by atoms with Crippen LogP contribution in [-0.2, 0) is 4.79 Å². The Morgan fingerprint density at radius 3 is 2.50 bits per heavy atom. The summed E-state index contributed by atoms with van der Waals surface area (Å²) in [5.74, 6) is 0. The van der Waals surface area contributed by atoms with E-state index in [-0.39, 0.29) is 0 Å². The summed E-state index contributed by atoms with van der Waals surface area (Å²) >= 11 is 0. The van der Waals surface area contributed by atoms with Gasteiger partial charge in [0.05, 0.1) is 0 Å². The van der Waals surface area contributed by atoms with E-state index in [0.717, 1.165) is 12.7 Å². The molecule has 0 aromatic carbocycles. The highest BCUT2D eigenvalue weighted by atomic mass is 16.1. The fourth-order valence-corrected chi connectivity index (χ4v) is 0.415. The average Bonchev–Trinajstić information content (AvgIpc) is 1.83. The predicted octanol–water partition coefficient (Wildman–Crippen LogP) is 1.71. The number of hydrogen-bond acceptors (Lipinski definition) is 1. The van der Waals surface area contributed by atoms with E-state index >= 15 is 0 Å². The Kier molecular flexibility index (Phi) is 3.85. The Labute approximate surface area is 49.7 Å². The summed E-state index contributed by atoms with van der Waals surface area (Å²) in [6.07, 6.45) is 5.08. The lowest BCUT2D eigenvalue weighted by molar-refractivity contribution is -0.104. The monoisotopic (exact) mass is 110 g/mol. The largest absolute Gasteiger partial charge is 0.298 e. The molecular formula is C7H10O. The van der Waals surface area contributed by atoms with Crippen molar-refractivity contribution < 1.29 is 4.79 Å². The molecule has 0 atom stereocenters. The van der Waals surface area contributed by atoms with Gasteiger partial charge in [0.2, 0.25) is 0 Å². The van der Waals surface area contributed by atoms with Crippen molar-refractivity contribution in [1.29, 1.82) is 0 Å². The summed E-state index contributed by atoms with van der Waals surface area (Å²) in [5, 5.41) is 0. The predicted molar refractivity (Wildman–Crippen MR) is 34.6 cm³/mol. The molecule has 0 rings (SSSR count). The minimum absolute atomic E-state index is 0.674. The molecule has 0 spiro atoms. The van der Waals surface area contributed by atoms with Gasteiger partial charge in [-0.15, -0.1) is 0 Å². The Morgan fingerprint density at radius 1 is 1.75 bits per heavy atom. The maximum atomic E-state index is 9.99. The highest BCUT2D eigenvalue weighted by Crippen LogP contribution is 1.91. The molecule has 1 heteroatoms. The Morgan fingerprint density at radius 2 is 2.38 bits per heavy atom. The molecule has 0 amide bonds. The average molecular weight is 110 g/mol. The molecule has 44 valence electrons. The smallest absolute Gasteiger partial charge is 0.149 e. The van der Waals surface area contributed by atoms with Crippen molar-refractivity contribution in [3.8, 4) is 0 Å². The maximum absolute atomic E-state index is 9.99. The third-order valence-corrected chi connectivity index (χ3v) is 0.812. The van der Waals surface area contributed by atoms with Crippen molar-refractivity contribution in [3.05, 3.63) is 24.3 Å². The number of carbonyl (C=O) groups is 1. The van der Waals surface area contributed by atoms with Gasteiger partial charge in [-0.3, -0.25) is 4.79 Å². The van der Waals surface area contributed by atoms with E-state index in [1.54, 1.807) is 6.08 Å². The first-order chi connectivity index (χ1) is 3.85. The van der Waals surface area contributed by atoms with Crippen LogP contribution in [0.25, 0.3) is 0 Å². The summed E-state index contributed by atoms with van der Waals surface area (Å²) in [6, 6.07) is 0. The summed E-state index contributed by atoms with van der Waals surface area (Å²) in [5.41, 5.74) is 0.674. The van der Waals surface area contributed by atoms with Crippen molar-refractivity contribution in [2.45, 2.75) is 13.3 Å². The summed E-state index contributed by atoms with van der Waals surface area (Å²) in [7, 11) is 0. The van der Waals surface area contributed by atoms with Crippen LogP contribution in [0.1, 0.15) is 13.3 Å². The molecule has 0 N–H and O–H groups in total. The third-order valence-electron chi connectivity index (χ3n) is 0.812. The first kappa shape index (κ1) is 7.15. The molecule has 1 nitrogen and oxygen atoms in total. The fraction of sp³-hybridized carbons (Fsp3) is 0.286. The van der Waals surface area contributed by atoms with Gasteiger partial charge in [-0.05, 0) is 6.42 Å². The molecule has 0 aromatic rings. The Hall–Kier alpha value is -0.850. The van der Waals surface area contributed by atoms with Crippen molar-refractivity contribution in [1.82, 2.24) is 0 Å². The minimum Gasteiger partial charge on any atom is -0.298 e. The Bertz CT molecular complexity index is 102. The molecule has 0 saturated heterocycles. The molecule has 0 aromatic heterocycles. The third kappa shape index (κ3) is 2.35. The topological polar surface area (TPSA) is 17.1 Å². The van der Waals surface area contributed by atoms with Gasteiger partial charge in [0.25, 0.3) is 0 Å². The van der Waals surface area contributed by atoms with Gasteiger partial charge in [0.15, 0.2) is 0 Å². The van der Waals surface area contributed by atoms with Crippen molar-refractivity contribution in [2.75, 3.05) is 0 Å². The molecule has 0 fully saturated rings. The summed E-state index contributed by atoms with van der Waals surface area (Å²) in [6.45, 7) is 5.43. The fourth-order valence-electron chi connectivity index (χ4n) is 0.415. The van der Waals surface area contributed by atoms with E-state index in [9.17, 15) is 4.79 Å². The molecule has 0 aliphatic carbocycles. The van der Waals surface area contributed by atoms with Gasteiger partial charge in [-0.25, -0.2) is 0 Å². The molecule has 0 aliphatic heterocycles. The molecular weight excluding hydrogens is 100 g/mol. The van der Waals surface area contributed by atoms with E-state index < -0.39 is 0 Å². The van der Waals surface area contributed by atoms with E-state index in [1.807, 2.05) is 13.0 Å². The first-order valence-corrected chi connectivity index (χ1v) is 2.63. The van der Waals surface area contributed by atoms with E-state index in [2.05, 4.69) is 6.58 Å². The van der Waals surface area contributed by atoms with Crippen molar-refractivity contribution in [2.24, 2.45) is 0 Å². The second kappa shape index (κ2) is 4.31. The zero-order valence-corrected chi connectivity index (χ0v) is 5.05. The van der Waals surface area contributed by atoms with Crippen LogP contribution in [0.2, 0.25) is 0 Å². The zero-order valence-electron chi connectivity index (χ0n) is 5.05. The molecule has 0 unspecified atom stereocenters. The van der Waals surface area contributed by atoms with Crippen LogP contribution in [0.4, 0.5) is 0 Å². The van der Waals surface area contributed by atoms with Gasteiger partial charge in [0.1, 0.15) is 6.29 Å². The number of hydrogen-bond donors (Lipinski definition) is 0. The number of aldehydes is 1. The van der Waals surface area contributed by atoms with Crippen LogP contribution < -0.4 is 0 Å². The second-order valence-corrected chi connectivity index (χ2v) is 1.43. The van der Waals surface area contributed by atoms with Gasteiger partial charge in [0, 0.05) is 5.57 Å². The van der Waals surface area contributed by atoms with E-state index in [0.29, 0.717) is 5.57 Å². The van der Waals surface area contributed by atoms with Crippen LogP contribution >= 0.6 is 0 Å². The van der Waals surface area contributed by atoms with Gasteiger partial charge < -0.3 is 0 Å². The first-order valence-electron chi connectivity index (χ1n) is 2.63. The highest BCUT2D eigenvalue weighted by Gasteiger charge is 1.80. The summed E-state index contributed by atoms with van der Waals surface area (Å²) < 4.78 is 0. The van der Waals surface area contributed by atoms with E-state index in [4.69, 9.17) is 0 Å². The molecule has 0 saturated carbocycles. The number of rotatable bonds is 3. The lowest BCUT2D eigenvalue weighted by Crippen LogP contribution is -1.75. The maximum Gasteiger partial charge on any atom is 0.149 e. The van der Waals surface area contributed by atoms with Crippen LogP contribution in [0.3, 0.4) is 0 Å². The van der Waals surface area contributed by atoms with Gasteiger partial charge in [-0.2, -0.15) is 0 Å². The van der Waals surface area contributed by atoms with Crippen LogP contribution in [0.5, 0.6) is 0 Å². The van der Waals surface area contributed by atoms with Crippen LogP contribution in [0.15, 0.2) is 24.3 Å².